The number of fused-ring (bicyclic) bond motifs is 7. The fraction of sp³-hybridized carbons (Fsp3) is 0.172. The van der Waals surface area contributed by atoms with Crippen molar-refractivity contribution >= 4 is 44.2 Å². The van der Waals surface area contributed by atoms with Crippen molar-refractivity contribution < 1.29 is 9.59 Å². The summed E-state index contributed by atoms with van der Waals surface area (Å²) in [6.07, 6.45) is 0. The molecule has 3 nitrogen and oxygen atoms in total. The molecule has 2 amide bonds. The molecule has 33 heavy (non-hydrogen) atoms. The van der Waals surface area contributed by atoms with Gasteiger partial charge in [-0.05, 0) is 76.7 Å². The second-order valence-corrected chi connectivity index (χ2v) is 10.5. The van der Waals surface area contributed by atoms with E-state index in [0.717, 1.165) is 32.1 Å². The Morgan fingerprint density at radius 1 is 0.697 bits per heavy atom. The largest absolute Gasteiger partial charge is 0.268 e. The highest BCUT2D eigenvalue weighted by Gasteiger charge is 2.46. The summed E-state index contributed by atoms with van der Waals surface area (Å²) in [7, 11) is 0. The third-order valence-corrected chi connectivity index (χ3v) is 7.82. The number of rotatable bonds is 1. The smallest absolute Gasteiger partial charge is 0.266 e. The average molecular weight is 496 g/mol. The van der Waals surface area contributed by atoms with E-state index in [9.17, 15) is 9.59 Å². The highest BCUT2D eigenvalue weighted by atomic mass is 79.9. The molecule has 1 aliphatic carbocycles. The minimum Gasteiger partial charge on any atom is -0.268 e. The maximum atomic E-state index is 13.9. The van der Waals surface area contributed by atoms with E-state index >= 15 is 0 Å². The summed E-state index contributed by atoms with van der Waals surface area (Å²) in [5.41, 5.74) is 7.79. The van der Waals surface area contributed by atoms with Crippen molar-refractivity contribution in [2.45, 2.75) is 33.1 Å². The van der Waals surface area contributed by atoms with Gasteiger partial charge in [0, 0.05) is 15.5 Å². The fourth-order valence-corrected chi connectivity index (χ4v) is 5.93. The van der Waals surface area contributed by atoms with Gasteiger partial charge in [0.05, 0.1) is 16.8 Å². The van der Waals surface area contributed by atoms with Crippen molar-refractivity contribution in [3.63, 3.8) is 0 Å². The van der Waals surface area contributed by atoms with E-state index < -0.39 is 0 Å². The lowest BCUT2D eigenvalue weighted by Gasteiger charge is -2.23. The van der Waals surface area contributed by atoms with Crippen LogP contribution in [0.2, 0.25) is 0 Å². The predicted molar refractivity (Wildman–Crippen MR) is 136 cm³/mol. The first-order valence-electron chi connectivity index (χ1n) is 11.1. The van der Waals surface area contributed by atoms with Crippen LogP contribution in [-0.2, 0) is 5.41 Å². The molecule has 0 fully saturated rings. The first-order valence-corrected chi connectivity index (χ1v) is 11.9. The SMILES string of the molecule is Cc1cc2c(c3c1C(=O)N(c1ccc(Br)cc1)C3=O)-c1c(cc(C)c3ccccc13)C2(C)C. The van der Waals surface area contributed by atoms with Gasteiger partial charge < -0.3 is 0 Å². The first kappa shape index (κ1) is 20.4. The van der Waals surface area contributed by atoms with Crippen LogP contribution in [0.5, 0.6) is 0 Å². The Kier molecular flexibility index (Phi) is 4.10. The first-order chi connectivity index (χ1) is 15.7. The number of aryl methyl sites for hydroxylation is 2. The molecule has 4 aromatic rings. The van der Waals surface area contributed by atoms with Gasteiger partial charge in [0.2, 0.25) is 0 Å². The van der Waals surface area contributed by atoms with Crippen molar-refractivity contribution in [1.82, 2.24) is 0 Å². The maximum Gasteiger partial charge on any atom is 0.266 e. The number of imide groups is 1. The van der Waals surface area contributed by atoms with Crippen LogP contribution >= 0.6 is 15.9 Å². The van der Waals surface area contributed by atoms with Crippen LogP contribution < -0.4 is 4.90 Å². The molecule has 162 valence electrons. The Labute approximate surface area is 201 Å². The van der Waals surface area contributed by atoms with Crippen LogP contribution in [0.4, 0.5) is 5.69 Å². The molecule has 1 heterocycles. The summed E-state index contributed by atoms with van der Waals surface area (Å²) in [6, 6.07) is 20.0. The van der Waals surface area contributed by atoms with Gasteiger partial charge in [-0.3, -0.25) is 9.59 Å². The summed E-state index contributed by atoms with van der Waals surface area (Å²) in [5, 5.41) is 2.31. The lowest BCUT2D eigenvalue weighted by Crippen LogP contribution is -2.29. The third kappa shape index (κ3) is 2.56. The molecule has 0 N–H and O–H groups in total. The molecule has 0 atom stereocenters. The summed E-state index contributed by atoms with van der Waals surface area (Å²) < 4.78 is 0.900. The number of hydrogen-bond acceptors (Lipinski definition) is 2. The molecule has 0 radical (unpaired) electrons. The molecule has 6 rings (SSSR count). The molecule has 0 saturated carbocycles. The van der Waals surface area contributed by atoms with Crippen LogP contribution in [-0.4, -0.2) is 11.8 Å². The Morgan fingerprint density at radius 2 is 1.27 bits per heavy atom. The van der Waals surface area contributed by atoms with E-state index in [2.05, 4.69) is 61.0 Å². The van der Waals surface area contributed by atoms with E-state index in [1.807, 2.05) is 31.2 Å². The van der Waals surface area contributed by atoms with Crippen LogP contribution in [0.25, 0.3) is 21.9 Å². The minimum atomic E-state index is -0.270. The second kappa shape index (κ2) is 6.64. The molecule has 4 aromatic carbocycles. The summed E-state index contributed by atoms with van der Waals surface area (Å²) >= 11 is 3.44. The van der Waals surface area contributed by atoms with Crippen LogP contribution in [0.15, 0.2) is 65.1 Å². The van der Waals surface area contributed by atoms with E-state index in [1.165, 1.54) is 21.4 Å². The van der Waals surface area contributed by atoms with Crippen LogP contribution in [0.3, 0.4) is 0 Å². The van der Waals surface area contributed by atoms with E-state index in [0.29, 0.717) is 16.8 Å². The van der Waals surface area contributed by atoms with Gasteiger partial charge in [-0.2, -0.15) is 0 Å². The van der Waals surface area contributed by atoms with E-state index in [4.69, 9.17) is 0 Å². The number of carbonyl (C=O) groups excluding carboxylic acids is 2. The monoisotopic (exact) mass is 495 g/mol. The molecule has 2 aliphatic rings. The predicted octanol–water partition coefficient (Wildman–Crippen LogP) is 7.33. The van der Waals surface area contributed by atoms with Crippen molar-refractivity contribution in [2.24, 2.45) is 0 Å². The van der Waals surface area contributed by atoms with Gasteiger partial charge in [0.25, 0.3) is 11.8 Å². The number of hydrogen-bond donors (Lipinski definition) is 0. The Bertz CT molecular complexity index is 1550. The van der Waals surface area contributed by atoms with E-state index in [-0.39, 0.29) is 17.2 Å². The molecule has 0 saturated heterocycles. The number of nitrogens with zero attached hydrogens (tertiary/aromatic N) is 1. The van der Waals surface area contributed by atoms with Crippen LogP contribution in [0, 0.1) is 13.8 Å². The molecule has 0 aromatic heterocycles. The zero-order chi connectivity index (χ0) is 23.2. The molecule has 1 aliphatic heterocycles. The zero-order valence-electron chi connectivity index (χ0n) is 18.9. The Morgan fingerprint density at radius 3 is 1.97 bits per heavy atom. The fourth-order valence-electron chi connectivity index (χ4n) is 5.66. The lowest BCUT2D eigenvalue weighted by atomic mass is 9.80. The summed E-state index contributed by atoms with van der Waals surface area (Å²) in [5.74, 6) is -0.495. The van der Waals surface area contributed by atoms with Crippen molar-refractivity contribution in [3.8, 4) is 11.1 Å². The van der Waals surface area contributed by atoms with Gasteiger partial charge in [-0.25, -0.2) is 4.90 Å². The highest BCUT2D eigenvalue weighted by molar-refractivity contribution is 9.10. The van der Waals surface area contributed by atoms with Crippen molar-refractivity contribution in [2.75, 3.05) is 4.90 Å². The van der Waals surface area contributed by atoms with Gasteiger partial charge in [-0.15, -0.1) is 0 Å². The Hall–Kier alpha value is -3.24. The number of anilines is 1. The Balaban J connectivity index is 1.71. The van der Waals surface area contributed by atoms with Gasteiger partial charge in [-0.1, -0.05) is 66.2 Å². The molecule has 0 spiro atoms. The maximum absolute atomic E-state index is 13.9. The molecule has 0 bridgehead atoms. The van der Waals surface area contributed by atoms with Gasteiger partial charge in [0.1, 0.15) is 0 Å². The van der Waals surface area contributed by atoms with Gasteiger partial charge >= 0.3 is 0 Å². The highest BCUT2D eigenvalue weighted by Crippen LogP contribution is 2.55. The standard InChI is InChI=1S/C29H22BrNO2/c1-15-13-21-24(20-8-6-5-7-19(15)20)25-22(29(21,3)4)14-16(2)23-26(25)28(33)31(27(23)32)18-11-9-17(30)10-12-18/h5-14H,1-4H3. The van der Waals surface area contributed by atoms with Crippen LogP contribution in [0.1, 0.15) is 56.8 Å². The second-order valence-electron chi connectivity index (χ2n) is 9.57. The van der Waals surface area contributed by atoms with E-state index in [1.54, 1.807) is 12.1 Å². The minimum absolute atomic E-state index is 0.245. The molecule has 0 unspecified atom stereocenters. The topological polar surface area (TPSA) is 37.4 Å². The number of carbonyl (C=O) groups is 2. The lowest BCUT2D eigenvalue weighted by molar-refractivity contribution is 0.0926. The quantitative estimate of drug-likeness (QED) is 0.259. The van der Waals surface area contributed by atoms with Crippen molar-refractivity contribution in [1.29, 1.82) is 0 Å². The third-order valence-electron chi connectivity index (χ3n) is 7.29. The molecular formula is C29H22BrNO2. The number of amides is 2. The normalized spacial score (nSPS) is 15.7. The molecular weight excluding hydrogens is 474 g/mol. The van der Waals surface area contributed by atoms with Gasteiger partial charge in [0.15, 0.2) is 0 Å². The zero-order valence-corrected chi connectivity index (χ0v) is 20.5. The van der Waals surface area contributed by atoms with Crippen molar-refractivity contribution in [3.05, 3.63) is 98.5 Å². The summed E-state index contributed by atoms with van der Waals surface area (Å²) in [4.78, 5) is 28.8. The number of halogens is 1. The number of benzene rings is 4. The molecule has 4 heteroatoms. The average Bonchev–Trinajstić information content (AvgIpc) is 3.17. The summed E-state index contributed by atoms with van der Waals surface area (Å²) in [6.45, 7) is 8.51.